The van der Waals surface area contributed by atoms with Crippen molar-refractivity contribution in [2.75, 3.05) is 13.2 Å². The predicted molar refractivity (Wildman–Crippen MR) is 94.8 cm³/mol. The van der Waals surface area contributed by atoms with Gasteiger partial charge >= 0.3 is 0 Å². The van der Waals surface area contributed by atoms with Crippen LogP contribution in [0.3, 0.4) is 0 Å². The van der Waals surface area contributed by atoms with Gasteiger partial charge in [0.1, 0.15) is 11.3 Å². The molecule has 1 saturated heterocycles. The SMILES string of the molecule is Cc1ccc2c(=O)cc(C(=O)N3CCOC34CCCCC4)oc2c1C. The molecule has 25 heavy (non-hydrogen) atoms. The van der Waals surface area contributed by atoms with Crippen molar-refractivity contribution in [1.82, 2.24) is 4.90 Å². The molecule has 1 spiro atoms. The van der Waals surface area contributed by atoms with Crippen molar-refractivity contribution >= 4 is 16.9 Å². The summed E-state index contributed by atoms with van der Waals surface area (Å²) >= 11 is 0. The molecule has 0 radical (unpaired) electrons. The summed E-state index contributed by atoms with van der Waals surface area (Å²) in [6.07, 6.45) is 5.01. The number of fused-ring (bicyclic) bond motifs is 1. The molecule has 2 aliphatic rings. The number of hydrogen-bond acceptors (Lipinski definition) is 4. The smallest absolute Gasteiger partial charge is 0.292 e. The number of ether oxygens (including phenoxy) is 1. The van der Waals surface area contributed by atoms with Crippen LogP contribution in [0.25, 0.3) is 11.0 Å². The number of carbonyl (C=O) groups excluding carboxylic acids is 1. The summed E-state index contributed by atoms with van der Waals surface area (Å²) in [4.78, 5) is 27.4. The van der Waals surface area contributed by atoms with Gasteiger partial charge in [-0.3, -0.25) is 9.59 Å². The first-order valence-corrected chi connectivity index (χ1v) is 9.02. The fraction of sp³-hybridized carbons (Fsp3) is 0.500. The Morgan fingerprint density at radius 2 is 1.92 bits per heavy atom. The van der Waals surface area contributed by atoms with Crippen LogP contribution in [0, 0.1) is 13.8 Å². The highest BCUT2D eigenvalue weighted by molar-refractivity contribution is 5.94. The highest BCUT2D eigenvalue weighted by Crippen LogP contribution is 2.38. The van der Waals surface area contributed by atoms with E-state index in [-0.39, 0.29) is 17.1 Å². The Hall–Kier alpha value is -2.14. The van der Waals surface area contributed by atoms with Gasteiger partial charge in [-0.2, -0.15) is 0 Å². The van der Waals surface area contributed by atoms with Crippen LogP contribution in [0.2, 0.25) is 0 Å². The molecule has 2 aromatic rings. The van der Waals surface area contributed by atoms with Crippen molar-refractivity contribution in [2.24, 2.45) is 0 Å². The second-order valence-corrected chi connectivity index (χ2v) is 7.17. The molecule has 2 fully saturated rings. The molecule has 1 saturated carbocycles. The van der Waals surface area contributed by atoms with Crippen molar-refractivity contribution in [2.45, 2.75) is 51.7 Å². The molecule has 0 unspecified atom stereocenters. The number of benzene rings is 1. The minimum Gasteiger partial charge on any atom is -0.450 e. The number of hydrogen-bond donors (Lipinski definition) is 0. The van der Waals surface area contributed by atoms with Crippen molar-refractivity contribution in [3.8, 4) is 0 Å². The maximum absolute atomic E-state index is 13.1. The molecule has 1 aromatic carbocycles. The fourth-order valence-electron chi connectivity index (χ4n) is 4.10. The summed E-state index contributed by atoms with van der Waals surface area (Å²) in [5.74, 6) is -0.124. The van der Waals surface area contributed by atoms with Gasteiger partial charge < -0.3 is 14.1 Å². The molecule has 5 nitrogen and oxygen atoms in total. The Morgan fingerprint density at radius 3 is 2.68 bits per heavy atom. The van der Waals surface area contributed by atoms with E-state index < -0.39 is 5.72 Å². The molecule has 1 amide bonds. The average Bonchev–Trinajstić information content (AvgIpc) is 3.01. The molecule has 5 heteroatoms. The molecule has 1 aliphatic heterocycles. The van der Waals surface area contributed by atoms with E-state index in [1.165, 1.54) is 12.5 Å². The van der Waals surface area contributed by atoms with Crippen LogP contribution in [0.4, 0.5) is 0 Å². The quantitative estimate of drug-likeness (QED) is 0.796. The van der Waals surface area contributed by atoms with E-state index in [4.69, 9.17) is 9.15 Å². The van der Waals surface area contributed by atoms with Crippen LogP contribution in [-0.2, 0) is 4.74 Å². The standard InChI is InChI=1S/C20H23NO4/c1-13-6-7-15-16(22)12-17(25-18(15)14(13)2)19(23)21-10-11-24-20(21)8-4-3-5-9-20/h6-7,12H,3-5,8-11H2,1-2H3. The molecule has 132 valence electrons. The van der Waals surface area contributed by atoms with E-state index in [1.54, 1.807) is 11.0 Å². The molecule has 0 N–H and O–H groups in total. The topological polar surface area (TPSA) is 59.8 Å². The van der Waals surface area contributed by atoms with Crippen LogP contribution in [0.15, 0.2) is 27.4 Å². The van der Waals surface area contributed by atoms with Crippen molar-refractivity contribution in [3.05, 3.63) is 45.3 Å². The minimum absolute atomic E-state index is 0.113. The summed E-state index contributed by atoms with van der Waals surface area (Å²) in [5, 5.41) is 0.518. The molecule has 4 rings (SSSR count). The molecule has 1 aliphatic carbocycles. The third-order valence-electron chi connectivity index (χ3n) is 5.68. The lowest BCUT2D eigenvalue weighted by molar-refractivity contribution is -0.0925. The van der Waals surface area contributed by atoms with Gasteiger partial charge in [0.2, 0.25) is 0 Å². The van der Waals surface area contributed by atoms with E-state index in [1.807, 2.05) is 19.9 Å². The molecule has 1 aromatic heterocycles. The lowest BCUT2D eigenvalue weighted by atomic mass is 9.90. The summed E-state index contributed by atoms with van der Waals surface area (Å²) in [6, 6.07) is 5.00. The van der Waals surface area contributed by atoms with E-state index in [2.05, 4.69) is 0 Å². The first-order valence-electron chi connectivity index (χ1n) is 9.02. The van der Waals surface area contributed by atoms with Crippen LogP contribution in [0.1, 0.15) is 53.8 Å². The Morgan fingerprint density at radius 1 is 1.16 bits per heavy atom. The van der Waals surface area contributed by atoms with Crippen LogP contribution in [0.5, 0.6) is 0 Å². The fourth-order valence-corrected chi connectivity index (χ4v) is 4.10. The number of amides is 1. The summed E-state index contributed by atoms with van der Waals surface area (Å²) in [6.45, 7) is 4.97. The second kappa shape index (κ2) is 5.99. The minimum atomic E-state index is -0.509. The Bertz CT molecular complexity index is 892. The number of aryl methyl sites for hydroxylation is 2. The van der Waals surface area contributed by atoms with Crippen LogP contribution < -0.4 is 5.43 Å². The van der Waals surface area contributed by atoms with Gasteiger partial charge in [-0.05, 0) is 56.7 Å². The van der Waals surface area contributed by atoms with E-state index in [9.17, 15) is 9.59 Å². The third-order valence-corrected chi connectivity index (χ3v) is 5.68. The first kappa shape index (κ1) is 16.3. The largest absolute Gasteiger partial charge is 0.450 e. The Kier molecular flexibility index (Phi) is 3.91. The van der Waals surface area contributed by atoms with E-state index >= 15 is 0 Å². The van der Waals surface area contributed by atoms with Gasteiger partial charge in [0.25, 0.3) is 5.91 Å². The lowest BCUT2D eigenvalue weighted by Gasteiger charge is -2.39. The number of carbonyl (C=O) groups is 1. The lowest BCUT2D eigenvalue weighted by Crippen LogP contribution is -2.49. The molecule has 2 heterocycles. The molecule has 0 bridgehead atoms. The zero-order valence-corrected chi connectivity index (χ0v) is 14.8. The van der Waals surface area contributed by atoms with Crippen LogP contribution >= 0.6 is 0 Å². The molecular formula is C20H23NO4. The van der Waals surface area contributed by atoms with Crippen molar-refractivity contribution < 1.29 is 13.9 Å². The zero-order chi connectivity index (χ0) is 17.6. The van der Waals surface area contributed by atoms with Gasteiger partial charge in [0.15, 0.2) is 11.2 Å². The maximum atomic E-state index is 13.1. The van der Waals surface area contributed by atoms with Gasteiger partial charge in [-0.15, -0.1) is 0 Å². The average molecular weight is 341 g/mol. The van der Waals surface area contributed by atoms with Crippen molar-refractivity contribution in [1.29, 1.82) is 0 Å². The van der Waals surface area contributed by atoms with Gasteiger partial charge in [-0.1, -0.05) is 12.5 Å². The normalized spacial score (nSPS) is 19.7. The predicted octanol–water partition coefficient (Wildman–Crippen LogP) is 3.54. The molecule has 0 atom stereocenters. The summed E-state index contributed by atoms with van der Waals surface area (Å²) < 4.78 is 11.9. The molecular weight excluding hydrogens is 318 g/mol. The highest BCUT2D eigenvalue weighted by Gasteiger charge is 2.46. The number of rotatable bonds is 1. The number of nitrogens with zero attached hydrogens (tertiary/aromatic N) is 1. The van der Waals surface area contributed by atoms with E-state index in [0.29, 0.717) is 24.1 Å². The third kappa shape index (κ3) is 2.58. The Balaban J connectivity index is 1.77. The summed E-state index contributed by atoms with van der Waals surface area (Å²) in [5.41, 5.74) is 1.76. The highest BCUT2D eigenvalue weighted by atomic mass is 16.5. The van der Waals surface area contributed by atoms with E-state index in [0.717, 1.165) is 36.8 Å². The second-order valence-electron chi connectivity index (χ2n) is 7.17. The van der Waals surface area contributed by atoms with Gasteiger partial charge in [0, 0.05) is 12.6 Å². The maximum Gasteiger partial charge on any atom is 0.292 e. The van der Waals surface area contributed by atoms with Gasteiger partial charge in [-0.25, -0.2) is 0 Å². The van der Waals surface area contributed by atoms with Crippen molar-refractivity contribution in [3.63, 3.8) is 0 Å². The first-order chi connectivity index (χ1) is 12.0. The van der Waals surface area contributed by atoms with Crippen LogP contribution in [-0.4, -0.2) is 29.7 Å². The monoisotopic (exact) mass is 341 g/mol. The summed E-state index contributed by atoms with van der Waals surface area (Å²) in [7, 11) is 0. The zero-order valence-electron chi connectivity index (χ0n) is 14.8. The Labute approximate surface area is 146 Å². The van der Waals surface area contributed by atoms with Gasteiger partial charge in [0.05, 0.1) is 12.0 Å².